The molecule has 0 atom stereocenters. The lowest BCUT2D eigenvalue weighted by atomic mass is 10.2. The first-order valence-corrected chi connectivity index (χ1v) is 9.83. The Bertz CT molecular complexity index is 1060. The number of nitrogens with one attached hydrogen (secondary N) is 1. The molecule has 0 aliphatic heterocycles. The number of aromatic nitrogens is 3. The van der Waals surface area contributed by atoms with Crippen molar-refractivity contribution < 1.29 is 4.79 Å². The first-order valence-electron chi connectivity index (χ1n) is 8.57. The predicted octanol–water partition coefficient (Wildman–Crippen LogP) is 4.36. The number of amides is 1. The fraction of sp³-hybridized carbons (Fsp3) is 0.150. The van der Waals surface area contributed by atoms with Crippen molar-refractivity contribution in [2.75, 3.05) is 0 Å². The van der Waals surface area contributed by atoms with E-state index in [0.29, 0.717) is 24.4 Å². The number of benzene rings is 1. The minimum Gasteiger partial charge on any atom is -0.350 e. The van der Waals surface area contributed by atoms with Crippen molar-refractivity contribution in [2.45, 2.75) is 19.4 Å². The summed E-state index contributed by atoms with van der Waals surface area (Å²) in [7, 11) is 0. The Morgan fingerprint density at radius 1 is 1.19 bits per heavy atom. The van der Waals surface area contributed by atoms with E-state index >= 15 is 0 Å². The lowest BCUT2D eigenvalue weighted by Crippen LogP contribution is -2.23. The van der Waals surface area contributed by atoms with Gasteiger partial charge in [-0.25, -0.2) is 4.98 Å². The summed E-state index contributed by atoms with van der Waals surface area (Å²) in [5.74, 6) is 0.0121. The first-order chi connectivity index (χ1) is 13.2. The third kappa shape index (κ3) is 4.18. The summed E-state index contributed by atoms with van der Waals surface area (Å²) in [6.45, 7) is 0.449. The Hall–Kier alpha value is -2.70. The van der Waals surface area contributed by atoms with Crippen LogP contribution in [0.15, 0.2) is 60.2 Å². The van der Waals surface area contributed by atoms with E-state index in [4.69, 9.17) is 11.6 Å². The molecule has 1 N–H and O–H groups in total. The second kappa shape index (κ2) is 7.90. The molecule has 0 saturated heterocycles. The summed E-state index contributed by atoms with van der Waals surface area (Å²) in [5.41, 5.74) is 3.86. The SMILES string of the molecule is O=C(CCc1csc2nc(-c3ccc(Cl)cc3)cn12)NCc1ccccn1. The van der Waals surface area contributed by atoms with Crippen LogP contribution in [0.1, 0.15) is 17.8 Å². The summed E-state index contributed by atoms with van der Waals surface area (Å²) >= 11 is 7.53. The monoisotopic (exact) mass is 396 g/mol. The lowest BCUT2D eigenvalue weighted by molar-refractivity contribution is -0.121. The summed E-state index contributed by atoms with van der Waals surface area (Å²) in [4.78, 5) is 21.9. The molecule has 5 nitrogen and oxygen atoms in total. The minimum atomic E-state index is 0.0121. The van der Waals surface area contributed by atoms with Crippen LogP contribution in [0.5, 0.6) is 0 Å². The Morgan fingerprint density at radius 3 is 2.81 bits per heavy atom. The van der Waals surface area contributed by atoms with E-state index in [9.17, 15) is 4.79 Å². The van der Waals surface area contributed by atoms with Crippen LogP contribution in [-0.2, 0) is 17.8 Å². The molecule has 0 bridgehead atoms. The van der Waals surface area contributed by atoms with Gasteiger partial charge in [0.05, 0.1) is 17.9 Å². The van der Waals surface area contributed by atoms with Crippen LogP contribution < -0.4 is 5.32 Å². The molecule has 1 amide bonds. The van der Waals surface area contributed by atoms with Gasteiger partial charge in [-0.2, -0.15) is 0 Å². The van der Waals surface area contributed by atoms with Gasteiger partial charge in [0, 0.05) is 40.5 Å². The Balaban J connectivity index is 1.40. The highest BCUT2D eigenvalue weighted by Gasteiger charge is 2.11. The van der Waals surface area contributed by atoms with Crippen LogP contribution in [0.2, 0.25) is 5.02 Å². The number of hydrogen-bond donors (Lipinski definition) is 1. The fourth-order valence-electron chi connectivity index (χ4n) is 2.79. The smallest absolute Gasteiger partial charge is 0.220 e. The van der Waals surface area contributed by atoms with Crippen molar-refractivity contribution in [1.29, 1.82) is 0 Å². The van der Waals surface area contributed by atoms with Crippen molar-refractivity contribution >= 4 is 33.8 Å². The van der Waals surface area contributed by atoms with Crippen molar-refractivity contribution in [3.63, 3.8) is 0 Å². The number of pyridine rings is 1. The predicted molar refractivity (Wildman–Crippen MR) is 108 cm³/mol. The highest BCUT2D eigenvalue weighted by molar-refractivity contribution is 7.15. The van der Waals surface area contributed by atoms with E-state index in [1.54, 1.807) is 17.5 Å². The van der Waals surface area contributed by atoms with Gasteiger partial charge in [0.2, 0.25) is 5.91 Å². The van der Waals surface area contributed by atoms with Gasteiger partial charge in [0.15, 0.2) is 4.96 Å². The van der Waals surface area contributed by atoms with Crippen molar-refractivity contribution in [3.8, 4) is 11.3 Å². The molecular weight excluding hydrogens is 380 g/mol. The standard InChI is InChI=1S/C20H17ClN4OS/c21-15-6-4-14(5-7-15)18-12-25-17(13-27-20(25)24-18)8-9-19(26)23-11-16-3-1-2-10-22-16/h1-7,10,12-13H,8-9,11H2,(H,23,26). The first kappa shape index (κ1) is 17.7. The molecule has 4 aromatic rings. The minimum absolute atomic E-state index is 0.0121. The highest BCUT2D eigenvalue weighted by atomic mass is 35.5. The maximum Gasteiger partial charge on any atom is 0.220 e. The van der Waals surface area contributed by atoms with Gasteiger partial charge in [-0.15, -0.1) is 11.3 Å². The van der Waals surface area contributed by atoms with Crippen LogP contribution in [0.3, 0.4) is 0 Å². The number of carbonyl (C=O) groups is 1. The normalized spacial score (nSPS) is 11.0. The van der Waals surface area contributed by atoms with E-state index in [1.165, 1.54) is 0 Å². The second-order valence-electron chi connectivity index (χ2n) is 6.11. The van der Waals surface area contributed by atoms with Gasteiger partial charge in [-0.05, 0) is 30.7 Å². The number of imidazole rings is 1. The fourth-order valence-corrected chi connectivity index (χ4v) is 3.82. The average molecular weight is 397 g/mol. The molecule has 4 rings (SSSR count). The van der Waals surface area contributed by atoms with Gasteiger partial charge < -0.3 is 5.32 Å². The molecule has 3 heterocycles. The number of nitrogens with zero attached hydrogens (tertiary/aromatic N) is 3. The van der Waals surface area contributed by atoms with Crippen LogP contribution in [0.25, 0.3) is 16.2 Å². The van der Waals surface area contributed by atoms with Gasteiger partial charge in [-0.1, -0.05) is 29.8 Å². The number of aryl methyl sites for hydroxylation is 1. The topological polar surface area (TPSA) is 59.3 Å². The second-order valence-corrected chi connectivity index (χ2v) is 7.38. The molecule has 3 aromatic heterocycles. The summed E-state index contributed by atoms with van der Waals surface area (Å²) < 4.78 is 2.06. The molecule has 136 valence electrons. The molecule has 0 radical (unpaired) electrons. The maximum absolute atomic E-state index is 12.1. The quantitative estimate of drug-likeness (QED) is 0.526. The van der Waals surface area contributed by atoms with E-state index in [1.807, 2.05) is 48.7 Å². The molecule has 0 spiro atoms. The lowest BCUT2D eigenvalue weighted by Gasteiger charge is -2.04. The van der Waals surface area contributed by atoms with Crippen LogP contribution in [-0.4, -0.2) is 20.3 Å². The van der Waals surface area contributed by atoms with Crippen LogP contribution >= 0.6 is 22.9 Å². The number of carbonyl (C=O) groups excluding carboxylic acids is 1. The Labute approximate surface area is 165 Å². The zero-order valence-electron chi connectivity index (χ0n) is 14.4. The Kier molecular flexibility index (Phi) is 5.18. The van der Waals surface area contributed by atoms with E-state index in [0.717, 1.165) is 27.6 Å². The highest BCUT2D eigenvalue weighted by Crippen LogP contribution is 2.25. The molecule has 0 aliphatic rings. The van der Waals surface area contributed by atoms with Gasteiger partial charge in [-0.3, -0.25) is 14.2 Å². The number of halogens is 1. The third-order valence-electron chi connectivity index (χ3n) is 4.22. The molecule has 0 unspecified atom stereocenters. The molecule has 1 aromatic carbocycles. The third-order valence-corrected chi connectivity index (χ3v) is 5.37. The van der Waals surface area contributed by atoms with Crippen molar-refractivity contribution in [2.24, 2.45) is 0 Å². The number of fused-ring (bicyclic) bond motifs is 1. The number of rotatable bonds is 6. The summed E-state index contributed by atoms with van der Waals surface area (Å²) in [6.07, 6.45) is 4.81. The van der Waals surface area contributed by atoms with Crippen molar-refractivity contribution in [1.82, 2.24) is 19.7 Å². The molecule has 0 aliphatic carbocycles. The van der Waals surface area contributed by atoms with Crippen LogP contribution in [0, 0.1) is 0 Å². The zero-order chi connectivity index (χ0) is 18.6. The zero-order valence-corrected chi connectivity index (χ0v) is 16.0. The Morgan fingerprint density at radius 2 is 2.04 bits per heavy atom. The molecule has 27 heavy (non-hydrogen) atoms. The maximum atomic E-state index is 12.1. The molecule has 7 heteroatoms. The van der Waals surface area contributed by atoms with Crippen LogP contribution in [0.4, 0.5) is 0 Å². The van der Waals surface area contributed by atoms with Gasteiger partial charge >= 0.3 is 0 Å². The number of thiazole rings is 1. The van der Waals surface area contributed by atoms with Crippen molar-refractivity contribution in [3.05, 3.63) is 76.6 Å². The summed E-state index contributed by atoms with van der Waals surface area (Å²) in [6, 6.07) is 13.3. The van der Waals surface area contributed by atoms with E-state index < -0.39 is 0 Å². The van der Waals surface area contributed by atoms with E-state index in [-0.39, 0.29) is 5.91 Å². The molecule has 0 fully saturated rings. The van der Waals surface area contributed by atoms with E-state index in [2.05, 4.69) is 25.1 Å². The van der Waals surface area contributed by atoms with Gasteiger partial charge in [0.25, 0.3) is 0 Å². The molecule has 0 saturated carbocycles. The largest absolute Gasteiger partial charge is 0.350 e. The summed E-state index contributed by atoms with van der Waals surface area (Å²) in [5, 5.41) is 5.67. The average Bonchev–Trinajstić information content (AvgIpc) is 3.27. The molecular formula is C20H17ClN4OS. The van der Waals surface area contributed by atoms with Gasteiger partial charge in [0.1, 0.15) is 0 Å². The number of hydrogen-bond acceptors (Lipinski definition) is 4.